The summed E-state index contributed by atoms with van der Waals surface area (Å²) in [6, 6.07) is 12.0. The molecule has 0 bridgehead atoms. The van der Waals surface area contributed by atoms with Gasteiger partial charge in [0.2, 0.25) is 11.9 Å². The number of alkyl halides is 3. The maximum atomic E-state index is 13.1. The van der Waals surface area contributed by atoms with Crippen molar-refractivity contribution < 1.29 is 32.2 Å². The average Bonchev–Trinajstić information content (AvgIpc) is 2.93. The molecule has 0 radical (unpaired) electrons. The summed E-state index contributed by atoms with van der Waals surface area (Å²) in [6.45, 7) is 6.88. The highest BCUT2D eigenvalue weighted by Crippen LogP contribution is 2.41. The van der Waals surface area contributed by atoms with E-state index < -0.39 is 18.0 Å². The molecule has 216 valence electrons. The molecule has 5 rings (SSSR count). The molecule has 2 fully saturated rings. The van der Waals surface area contributed by atoms with Crippen molar-refractivity contribution in [2.75, 3.05) is 54.3 Å². The third kappa shape index (κ3) is 6.80. The summed E-state index contributed by atoms with van der Waals surface area (Å²) in [4.78, 5) is 22.2. The predicted molar refractivity (Wildman–Crippen MR) is 148 cm³/mol. The van der Waals surface area contributed by atoms with Crippen molar-refractivity contribution in [1.29, 1.82) is 0 Å². The number of nitrogens with one attached hydrogen (secondary N) is 3. The SMILES string of the molecule is C=CC(=O)Nc1cccc(Nc2nc(Nc3ccc(N4CCC5(CC4)COC5)cc3OC)ncc2OC(F)(F)F)c1. The molecule has 0 saturated carbocycles. The number of ether oxygens (including phenoxy) is 3. The summed E-state index contributed by atoms with van der Waals surface area (Å²) in [7, 11) is 1.54. The van der Waals surface area contributed by atoms with E-state index in [9.17, 15) is 18.0 Å². The van der Waals surface area contributed by atoms with Crippen LogP contribution in [0.3, 0.4) is 0 Å². The third-order valence-electron chi connectivity index (χ3n) is 7.00. The molecule has 1 spiro atoms. The molecular weight excluding hydrogens is 541 g/mol. The quantitative estimate of drug-likeness (QED) is 0.283. The number of benzene rings is 2. The number of nitrogens with zero attached hydrogens (tertiary/aromatic N) is 3. The van der Waals surface area contributed by atoms with Gasteiger partial charge in [-0.1, -0.05) is 12.6 Å². The smallest absolute Gasteiger partial charge is 0.494 e. The van der Waals surface area contributed by atoms with Crippen molar-refractivity contribution in [3.8, 4) is 11.5 Å². The van der Waals surface area contributed by atoms with Gasteiger partial charge in [0, 0.05) is 41.6 Å². The van der Waals surface area contributed by atoms with E-state index >= 15 is 0 Å². The Kier molecular flexibility index (Phi) is 7.88. The van der Waals surface area contributed by atoms with Crippen LogP contribution in [0.5, 0.6) is 11.5 Å². The van der Waals surface area contributed by atoms with E-state index in [4.69, 9.17) is 9.47 Å². The molecule has 0 aliphatic carbocycles. The molecule has 3 N–H and O–H groups in total. The van der Waals surface area contributed by atoms with Gasteiger partial charge < -0.3 is 35.1 Å². The van der Waals surface area contributed by atoms with Crippen molar-refractivity contribution in [1.82, 2.24) is 9.97 Å². The fourth-order valence-corrected chi connectivity index (χ4v) is 4.74. The van der Waals surface area contributed by atoms with Gasteiger partial charge in [-0.05, 0) is 49.2 Å². The Morgan fingerprint density at radius 1 is 1.10 bits per heavy atom. The van der Waals surface area contributed by atoms with Crippen LogP contribution in [-0.4, -0.2) is 55.7 Å². The van der Waals surface area contributed by atoms with Gasteiger partial charge in [-0.2, -0.15) is 4.98 Å². The maximum absolute atomic E-state index is 13.1. The summed E-state index contributed by atoms with van der Waals surface area (Å²) in [6.07, 6.45) is -0.815. The van der Waals surface area contributed by atoms with E-state index in [2.05, 4.69) is 42.1 Å². The maximum Gasteiger partial charge on any atom is 0.573 e. The van der Waals surface area contributed by atoms with Crippen LogP contribution in [0.25, 0.3) is 0 Å². The molecule has 1 amide bonds. The number of piperidine rings is 1. The molecule has 0 atom stereocenters. The molecular formula is C28H29F3N6O4. The fraction of sp³-hybridized carbons (Fsp3) is 0.321. The van der Waals surface area contributed by atoms with Crippen LogP contribution < -0.4 is 30.3 Å². The van der Waals surface area contributed by atoms with E-state index in [1.165, 1.54) is 13.2 Å². The van der Waals surface area contributed by atoms with Crippen LogP contribution in [0.1, 0.15) is 12.8 Å². The van der Waals surface area contributed by atoms with Crippen LogP contribution in [-0.2, 0) is 9.53 Å². The van der Waals surface area contributed by atoms with Gasteiger partial charge in [-0.3, -0.25) is 4.79 Å². The molecule has 0 unspecified atom stereocenters. The van der Waals surface area contributed by atoms with Crippen molar-refractivity contribution in [3.05, 3.63) is 61.3 Å². The first-order chi connectivity index (χ1) is 19.6. The third-order valence-corrected chi connectivity index (χ3v) is 7.00. The molecule has 3 aromatic rings. The second kappa shape index (κ2) is 11.5. The molecule has 13 heteroatoms. The van der Waals surface area contributed by atoms with Crippen molar-refractivity contribution in [3.63, 3.8) is 0 Å². The summed E-state index contributed by atoms with van der Waals surface area (Å²) in [5.41, 5.74) is 2.60. The van der Waals surface area contributed by atoms with E-state index in [1.807, 2.05) is 18.2 Å². The molecule has 2 aromatic carbocycles. The number of halogens is 3. The van der Waals surface area contributed by atoms with Crippen molar-refractivity contribution in [2.45, 2.75) is 19.2 Å². The molecule has 1 aromatic heterocycles. The van der Waals surface area contributed by atoms with Crippen molar-refractivity contribution in [2.24, 2.45) is 5.41 Å². The zero-order chi connectivity index (χ0) is 29.0. The molecule has 2 saturated heterocycles. The van der Waals surface area contributed by atoms with Gasteiger partial charge in [-0.15, -0.1) is 13.2 Å². The largest absolute Gasteiger partial charge is 0.573 e. The Balaban J connectivity index is 1.36. The second-order valence-corrected chi connectivity index (χ2v) is 9.84. The number of rotatable bonds is 9. The first-order valence-electron chi connectivity index (χ1n) is 12.9. The lowest BCUT2D eigenvalue weighted by molar-refractivity contribution is -0.274. The molecule has 3 heterocycles. The lowest BCUT2D eigenvalue weighted by Gasteiger charge is -2.47. The van der Waals surface area contributed by atoms with Gasteiger partial charge >= 0.3 is 6.36 Å². The predicted octanol–water partition coefficient (Wildman–Crippen LogP) is 5.61. The number of amides is 1. The van der Waals surface area contributed by atoms with Crippen LogP contribution in [0.4, 0.5) is 47.7 Å². The molecule has 41 heavy (non-hydrogen) atoms. The minimum atomic E-state index is -4.96. The monoisotopic (exact) mass is 570 g/mol. The van der Waals surface area contributed by atoms with Crippen LogP contribution >= 0.6 is 0 Å². The van der Waals surface area contributed by atoms with E-state index in [1.54, 1.807) is 18.2 Å². The van der Waals surface area contributed by atoms with E-state index in [0.717, 1.165) is 57.1 Å². The van der Waals surface area contributed by atoms with E-state index in [0.29, 0.717) is 28.2 Å². The summed E-state index contributed by atoms with van der Waals surface area (Å²) >= 11 is 0. The number of hydrogen-bond donors (Lipinski definition) is 3. The average molecular weight is 571 g/mol. The van der Waals surface area contributed by atoms with Gasteiger partial charge in [-0.25, -0.2) is 4.98 Å². The van der Waals surface area contributed by atoms with Crippen molar-refractivity contribution >= 4 is 40.4 Å². The number of methoxy groups -OCH3 is 1. The topological polar surface area (TPSA) is 110 Å². The lowest BCUT2D eigenvalue weighted by Crippen LogP contribution is -2.50. The Bertz CT molecular complexity index is 1420. The highest BCUT2D eigenvalue weighted by atomic mass is 19.4. The van der Waals surface area contributed by atoms with Gasteiger partial charge in [0.15, 0.2) is 11.6 Å². The summed E-state index contributed by atoms with van der Waals surface area (Å²) in [5.74, 6) is -0.785. The number of anilines is 6. The summed E-state index contributed by atoms with van der Waals surface area (Å²) < 4.78 is 54.5. The Morgan fingerprint density at radius 3 is 2.51 bits per heavy atom. The first kappa shape index (κ1) is 28.0. The first-order valence-corrected chi connectivity index (χ1v) is 12.9. The highest BCUT2D eigenvalue weighted by molar-refractivity contribution is 5.99. The number of carbonyl (C=O) groups is 1. The molecule has 2 aliphatic heterocycles. The number of aromatic nitrogens is 2. The standard InChI is InChI=1S/C28H29F3N6O4/c1-3-24(38)33-18-5-4-6-19(13-18)34-25-23(41-28(29,30)31)15-32-26(36-25)35-21-8-7-20(14-22(21)39-2)37-11-9-27(10-12-37)16-40-17-27/h3-8,13-15H,1,9-12,16-17H2,2H3,(H,33,38)(H2,32,34,35,36). The van der Waals surface area contributed by atoms with Gasteiger partial charge in [0.05, 0.1) is 32.2 Å². The van der Waals surface area contributed by atoms with Gasteiger partial charge in [0.1, 0.15) is 5.75 Å². The Hall–Kier alpha value is -4.52. The lowest BCUT2D eigenvalue weighted by atomic mass is 9.77. The van der Waals surface area contributed by atoms with Crippen LogP contribution in [0.2, 0.25) is 0 Å². The minimum absolute atomic E-state index is 0.00841. The Labute approximate surface area is 234 Å². The molecule has 10 nitrogen and oxygen atoms in total. The summed E-state index contributed by atoms with van der Waals surface area (Å²) in [5, 5.41) is 8.42. The normalized spacial score (nSPS) is 16.0. The number of carbonyl (C=O) groups excluding carboxylic acids is 1. The van der Waals surface area contributed by atoms with Crippen LogP contribution in [0.15, 0.2) is 61.3 Å². The zero-order valence-corrected chi connectivity index (χ0v) is 22.3. The van der Waals surface area contributed by atoms with Gasteiger partial charge in [0.25, 0.3) is 0 Å². The number of hydrogen-bond acceptors (Lipinski definition) is 9. The fourth-order valence-electron chi connectivity index (χ4n) is 4.74. The highest BCUT2D eigenvalue weighted by Gasteiger charge is 2.41. The van der Waals surface area contributed by atoms with Crippen LogP contribution in [0, 0.1) is 5.41 Å². The minimum Gasteiger partial charge on any atom is -0.494 e. The Morgan fingerprint density at radius 2 is 1.85 bits per heavy atom. The molecule has 2 aliphatic rings. The zero-order valence-electron chi connectivity index (χ0n) is 22.3. The van der Waals surface area contributed by atoms with E-state index in [-0.39, 0.29) is 11.8 Å². The second-order valence-electron chi connectivity index (χ2n) is 9.84.